The second-order valence-corrected chi connectivity index (χ2v) is 2.33. The smallest absolute Gasteiger partial charge is 0.544 e. The first-order valence-electron chi connectivity index (χ1n) is 1.45. The summed E-state index contributed by atoms with van der Waals surface area (Å²) < 4.78 is 12.3. The van der Waals surface area contributed by atoms with E-state index in [4.69, 9.17) is 0 Å². The lowest BCUT2D eigenvalue weighted by Crippen LogP contribution is -1.95. The van der Waals surface area contributed by atoms with Gasteiger partial charge in [0.15, 0.2) is 14.1 Å². The zero-order valence-corrected chi connectivity index (χ0v) is 4.58. The first-order valence-corrected chi connectivity index (χ1v) is 2.55. The van der Waals surface area contributed by atoms with Gasteiger partial charge >= 0.3 is 8.25 Å². The molecule has 0 rings (SSSR count). The molecule has 2 nitrogen and oxygen atoms in total. The quantitative estimate of drug-likeness (QED) is 0.405. The lowest BCUT2D eigenvalue weighted by molar-refractivity contribution is -0.468. The third kappa shape index (κ3) is 2.24. The van der Waals surface area contributed by atoms with E-state index in [1.54, 1.807) is 0 Å². The van der Waals surface area contributed by atoms with Crippen molar-refractivity contribution in [3.05, 3.63) is 0 Å². The summed E-state index contributed by atoms with van der Waals surface area (Å²) in [6.07, 6.45) is 0. The molecule has 0 fully saturated rings. The Labute approximate surface area is 36.9 Å². The Hall–Kier alpha value is -0.0100. The number of hydrogen-bond acceptors (Lipinski definition) is 1. The maximum atomic E-state index is 11.3. The molecule has 0 aliphatic heterocycles. The van der Waals surface area contributed by atoms with Crippen LogP contribution in [0.2, 0.25) is 0 Å². The highest BCUT2D eigenvalue weighted by Crippen LogP contribution is 2.09. The summed E-state index contributed by atoms with van der Waals surface area (Å²) in [5.41, 5.74) is 0. The van der Waals surface area contributed by atoms with Gasteiger partial charge in [0, 0.05) is 0 Å². The van der Waals surface area contributed by atoms with Crippen molar-refractivity contribution in [2.24, 2.45) is 0 Å². The summed E-state index contributed by atoms with van der Waals surface area (Å²) >= 11 is 0. The molecule has 0 bridgehead atoms. The maximum absolute atomic E-state index is 11.3. The Kier molecular flexibility index (Phi) is 2.21. The predicted octanol–water partition coefficient (Wildman–Crippen LogP) is 0.0838. The van der Waals surface area contributed by atoms with Gasteiger partial charge in [0.1, 0.15) is 0 Å². The van der Waals surface area contributed by atoms with Gasteiger partial charge in [0.05, 0.1) is 4.20 Å². The van der Waals surface area contributed by atoms with Crippen molar-refractivity contribution in [2.45, 2.75) is 0 Å². The van der Waals surface area contributed by atoms with Gasteiger partial charge < -0.3 is 4.89 Å². The van der Waals surface area contributed by atoms with E-state index < -0.39 is 8.25 Å². The monoisotopic (exact) mass is 110 g/mol. The standard InChI is InChI=1S/C2H6FNOP/c1-4(2)6(3)5/h1-2H3/q+1. The van der Waals surface area contributed by atoms with E-state index in [9.17, 15) is 9.09 Å². The molecular weight excluding hydrogens is 104 g/mol. The van der Waals surface area contributed by atoms with Crippen molar-refractivity contribution in [3.8, 4) is 0 Å². The molecule has 0 spiro atoms. The van der Waals surface area contributed by atoms with Crippen LogP contribution < -0.4 is 4.89 Å². The number of rotatable bonds is 0. The minimum absolute atomic E-state index is 1.01. The topological polar surface area (TPSA) is 26.1 Å². The zero-order chi connectivity index (χ0) is 5.15. The van der Waals surface area contributed by atoms with E-state index in [0.29, 0.717) is 0 Å². The lowest BCUT2D eigenvalue weighted by atomic mass is 11.3. The van der Waals surface area contributed by atoms with Gasteiger partial charge in [-0.2, -0.15) is 0 Å². The highest BCUT2D eigenvalue weighted by Gasteiger charge is 2.00. The van der Waals surface area contributed by atoms with Gasteiger partial charge in [-0.05, 0) is 0 Å². The molecule has 1 atom stereocenters. The molecule has 0 saturated carbocycles. The van der Waals surface area contributed by atoms with Crippen LogP contribution in [0.4, 0.5) is 4.20 Å². The van der Waals surface area contributed by atoms with E-state index in [-0.39, 0.29) is 0 Å². The zero-order valence-electron chi connectivity index (χ0n) is 3.68. The van der Waals surface area contributed by atoms with Crippen LogP contribution >= 0.6 is 8.25 Å². The van der Waals surface area contributed by atoms with Gasteiger partial charge in [-0.3, -0.25) is 0 Å². The molecule has 4 heteroatoms. The highest BCUT2D eigenvalue weighted by molar-refractivity contribution is 7.29. The van der Waals surface area contributed by atoms with Crippen LogP contribution in [-0.2, 0) is 0 Å². The van der Waals surface area contributed by atoms with E-state index in [0.717, 1.165) is 4.33 Å². The van der Waals surface area contributed by atoms with Crippen molar-refractivity contribution in [3.63, 3.8) is 0 Å². The molecule has 6 heavy (non-hydrogen) atoms. The van der Waals surface area contributed by atoms with E-state index in [2.05, 4.69) is 0 Å². The van der Waals surface area contributed by atoms with Crippen molar-refractivity contribution in [2.75, 3.05) is 14.1 Å². The second-order valence-electron chi connectivity index (χ2n) is 1.07. The molecule has 0 aliphatic rings. The van der Waals surface area contributed by atoms with Crippen LogP contribution in [-0.4, -0.2) is 18.4 Å². The minimum atomic E-state index is -2.58. The number of halogens is 1. The van der Waals surface area contributed by atoms with Crippen LogP contribution in [0.25, 0.3) is 0 Å². The molecule has 0 aromatic rings. The molecule has 36 valence electrons. The SMILES string of the molecule is C[N+](C)=[P+]([O-])F. The summed E-state index contributed by atoms with van der Waals surface area (Å²) in [7, 11) is 0.255. The Morgan fingerprint density at radius 1 is 1.67 bits per heavy atom. The van der Waals surface area contributed by atoms with Crippen LogP contribution in [0.1, 0.15) is 0 Å². The minimum Gasteiger partial charge on any atom is -0.544 e. The van der Waals surface area contributed by atoms with Gasteiger partial charge in [0.2, 0.25) is 0 Å². The Bertz CT molecular complexity index is 63.6. The average molecular weight is 110 g/mol. The largest absolute Gasteiger partial charge is 0.556 e. The Morgan fingerprint density at radius 2 is 1.83 bits per heavy atom. The van der Waals surface area contributed by atoms with Crippen molar-refractivity contribution in [1.29, 1.82) is 0 Å². The van der Waals surface area contributed by atoms with Gasteiger partial charge in [-0.25, -0.2) is 0 Å². The Morgan fingerprint density at radius 3 is 1.83 bits per heavy atom. The van der Waals surface area contributed by atoms with Crippen molar-refractivity contribution in [1.82, 2.24) is 0 Å². The second kappa shape index (κ2) is 2.21. The van der Waals surface area contributed by atoms with Gasteiger partial charge in [-0.1, -0.05) is 4.33 Å². The van der Waals surface area contributed by atoms with E-state index in [1.165, 1.54) is 14.1 Å². The lowest BCUT2D eigenvalue weighted by Gasteiger charge is -1.71. The molecule has 0 heterocycles. The molecule has 0 saturated heterocycles. The fraction of sp³-hybridized carbons (Fsp3) is 1.00. The van der Waals surface area contributed by atoms with Crippen molar-refractivity contribution >= 4 is 8.25 Å². The summed E-state index contributed by atoms with van der Waals surface area (Å²) in [4.78, 5) is 9.55. The first-order chi connectivity index (χ1) is 2.64. The molecule has 0 aromatic heterocycles. The van der Waals surface area contributed by atoms with Gasteiger partial charge in [-0.15, -0.1) is 0 Å². The van der Waals surface area contributed by atoms with Crippen LogP contribution in [0.3, 0.4) is 0 Å². The van der Waals surface area contributed by atoms with Gasteiger partial charge in [0.25, 0.3) is 0 Å². The molecule has 1 unspecified atom stereocenters. The van der Waals surface area contributed by atoms with Crippen molar-refractivity contribution < 1.29 is 13.4 Å². The fourth-order valence-electron chi connectivity index (χ4n) is 0. The molecular formula is C2H6FNOP+. The molecule has 0 N–H and O–H groups in total. The summed E-state index contributed by atoms with van der Waals surface area (Å²) in [5, 5.41) is 0. The van der Waals surface area contributed by atoms with E-state index >= 15 is 0 Å². The fourth-order valence-corrected chi connectivity index (χ4v) is 0. The van der Waals surface area contributed by atoms with Crippen LogP contribution in [0.5, 0.6) is 0 Å². The predicted molar refractivity (Wildman–Crippen MR) is 20.1 cm³/mol. The Balaban J connectivity index is 3.68. The third-order valence-electron chi connectivity index (χ3n) is 0.314. The molecule has 0 amide bonds. The summed E-state index contributed by atoms with van der Waals surface area (Å²) in [6.45, 7) is 0. The molecule has 0 aliphatic carbocycles. The maximum Gasteiger partial charge on any atom is 0.556 e. The summed E-state index contributed by atoms with van der Waals surface area (Å²) in [6, 6.07) is 0. The number of nitrogens with zero attached hydrogens (tertiary/aromatic N) is 1. The normalized spacial score (nSPS) is 11.0. The van der Waals surface area contributed by atoms with E-state index in [1.807, 2.05) is 0 Å². The highest BCUT2D eigenvalue weighted by atomic mass is 31.2. The average Bonchev–Trinajstić information content (AvgIpc) is 1.36. The first kappa shape index (κ1) is 5.99. The number of hydrogen-bond donors (Lipinski definition) is 0. The molecule has 0 radical (unpaired) electrons. The third-order valence-corrected chi connectivity index (χ3v) is 0.943. The van der Waals surface area contributed by atoms with Crippen LogP contribution in [0, 0.1) is 0 Å². The summed E-state index contributed by atoms with van der Waals surface area (Å²) in [5.74, 6) is 0. The van der Waals surface area contributed by atoms with Crippen LogP contribution in [0.15, 0.2) is 0 Å². The molecule has 0 aromatic carbocycles.